The summed E-state index contributed by atoms with van der Waals surface area (Å²) in [5.41, 5.74) is 6.30. The van der Waals surface area contributed by atoms with Crippen LogP contribution in [0.15, 0.2) is 29.3 Å². The minimum atomic E-state index is -1.33. The number of rotatable bonds is 11. The molecule has 2 aromatic rings. The summed E-state index contributed by atoms with van der Waals surface area (Å²) in [6.45, 7) is 3.40. The molecule has 1 saturated heterocycles. The van der Waals surface area contributed by atoms with Crippen LogP contribution in [0, 0.1) is 0 Å². The van der Waals surface area contributed by atoms with Crippen molar-refractivity contribution in [2.75, 3.05) is 30.3 Å². The molecule has 0 aliphatic carbocycles. The van der Waals surface area contributed by atoms with Gasteiger partial charge in [0.1, 0.15) is 4.88 Å². The van der Waals surface area contributed by atoms with Crippen molar-refractivity contribution in [1.29, 1.82) is 0 Å². The van der Waals surface area contributed by atoms with Crippen LogP contribution in [0.2, 0.25) is 0 Å². The largest absolute Gasteiger partial charge is 0.465 e. The van der Waals surface area contributed by atoms with Crippen molar-refractivity contribution in [2.45, 2.75) is 51.9 Å². The van der Waals surface area contributed by atoms with E-state index < -0.39 is 12.2 Å². The zero-order chi connectivity index (χ0) is 30.2. The van der Waals surface area contributed by atoms with E-state index >= 15 is 0 Å². The first-order valence-corrected chi connectivity index (χ1v) is 13.8. The average molecular weight is 590 g/mol. The lowest BCUT2D eigenvalue weighted by Gasteiger charge is -2.26. The fourth-order valence-electron chi connectivity index (χ4n) is 3.92. The predicted octanol–water partition coefficient (Wildman–Crippen LogP) is 3.15. The molecule has 1 aliphatic heterocycles. The SMILES string of the molecule is CC(=O)Nc1nc(CCc2ccc(NC=NC(=O)O)cc2)c(C(=O)NCCCC(=O)N2CCCCC2)s1.NC(=O)O. The van der Waals surface area contributed by atoms with Gasteiger partial charge in [-0.05, 0) is 56.2 Å². The minimum absolute atomic E-state index is 0.135. The maximum atomic E-state index is 12.9. The molecule has 3 rings (SSSR count). The molecule has 5 amide bonds. The molecule has 0 bridgehead atoms. The number of hydrogen-bond acceptors (Lipinski definition) is 7. The van der Waals surface area contributed by atoms with Crippen LogP contribution in [-0.4, -0.2) is 76.0 Å². The number of amides is 5. The van der Waals surface area contributed by atoms with Crippen molar-refractivity contribution in [3.05, 3.63) is 40.4 Å². The third-order valence-corrected chi connectivity index (χ3v) is 6.77. The smallest absolute Gasteiger partial charge is 0.432 e. The number of nitrogens with zero attached hydrogens (tertiary/aromatic N) is 3. The highest BCUT2D eigenvalue weighted by Crippen LogP contribution is 2.25. The highest BCUT2D eigenvalue weighted by molar-refractivity contribution is 7.17. The molecule has 0 saturated carbocycles. The quantitative estimate of drug-likeness (QED) is 0.129. The summed E-state index contributed by atoms with van der Waals surface area (Å²) in [4.78, 5) is 66.0. The molecule has 0 spiro atoms. The van der Waals surface area contributed by atoms with Crippen molar-refractivity contribution < 1.29 is 34.2 Å². The summed E-state index contributed by atoms with van der Waals surface area (Å²) in [5.74, 6) is -0.402. The molecule has 222 valence electrons. The molecule has 0 unspecified atom stereocenters. The molecule has 1 fully saturated rings. The molecule has 41 heavy (non-hydrogen) atoms. The molecule has 15 heteroatoms. The normalized spacial score (nSPS) is 12.7. The molecule has 1 aromatic heterocycles. The molecule has 0 radical (unpaired) electrons. The molecule has 14 nitrogen and oxygen atoms in total. The van der Waals surface area contributed by atoms with Crippen LogP contribution < -0.4 is 21.7 Å². The standard InChI is InChI=1S/C25H32N6O5S.CH3NO2/c1-17(32)29-24-30-20(12-9-18-7-10-19(11-8-18)27-16-28-25(35)36)22(37-24)23(34)26-13-5-6-21(33)31-14-3-2-4-15-31;2-1(3)4/h7-8,10-11,16H,2-6,9,12-15H2,1H3,(H,26,34)(H,27,28)(H,35,36)(H,29,30,32);2H2,(H,3,4). The van der Waals surface area contributed by atoms with E-state index in [0.717, 1.165) is 49.2 Å². The minimum Gasteiger partial charge on any atom is -0.465 e. The zero-order valence-electron chi connectivity index (χ0n) is 22.7. The van der Waals surface area contributed by atoms with Gasteiger partial charge in [-0.2, -0.15) is 4.99 Å². The van der Waals surface area contributed by atoms with Gasteiger partial charge in [-0.15, -0.1) is 0 Å². The average Bonchev–Trinajstić information content (AvgIpc) is 3.32. The van der Waals surface area contributed by atoms with Crippen LogP contribution in [0.5, 0.6) is 0 Å². The van der Waals surface area contributed by atoms with Crippen LogP contribution >= 0.6 is 11.3 Å². The summed E-state index contributed by atoms with van der Waals surface area (Å²) in [6, 6.07) is 7.37. The fourth-order valence-corrected chi connectivity index (χ4v) is 4.89. The highest BCUT2D eigenvalue weighted by atomic mass is 32.1. The Morgan fingerprint density at radius 2 is 1.73 bits per heavy atom. The van der Waals surface area contributed by atoms with Gasteiger partial charge >= 0.3 is 12.2 Å². The van der Waals surface area contributed by atoms with E-state index in [2.05, 4.69) is 31.7 Å². The molecular weight excluding hydrogens is 554 g/mol. The van der Waals surface area contributed by atoms with Gasteiger partial charge in [0.25, 0.3) is 5.91 Å². The molecule has 1 aliphatic rings. The summed E-state index contributed by atoms with van der Waals surface area (Å²) in [6.07, 6.45) is 3.82. The monoisotopic (exact) mass is 589 g/mol. The summed E-state index contributed by atoms with van der Waals surface area (Å²) in [7, 11) is 0. The van der Waals surface area contributed by atoms with E-state index in [1.165, 1.54) is 13.3 Å². The number of carbonyl (C=O) groups excluding carboxylic acids is 3. The Morgan fingerprint density at radius 3 is 2.34 bits per heavy atom. The topological polar surface area (TPSA) is 216 Å². The zero-order valence-corrected chi connectivity index (χ0v) is 23.5. The number of benzene rings is 1. The molecule has 7 N–H and O–H groups in total. The second kappa shape index (κ2) is 17.2. The van der Waals surface area contributed by atoms with Gasteiger partial charge < -0.3 is 36.8 Å². The second-order valence-corrected chi connectivity index (χ2v) is 10.00. The van der Waals surface area contributed by atoms with Gasteiger partial charge in [0.05, 0.1) is 12.0 Å². The Bertz CT molecular complexity index is 1220. The Hall–Kier alpha value is -4.53. The Morgan fingerprint density at radius 1 is 1.07 bits per heavy atom. The molecule has 0 atom stereocenters. The summed E-state index contributed by atoms with van der Waals surface area (Å²) in [5, 5.41) is 24.4. The number of nitrogens with two attached hydrogens (primary N) is 1. The van der Waals surface area contributed by atoms with E-state index in [0.29, 0.717) is 53.6 Å². The van der Waals surface area contributed by atoms with Crippen molar-refractivity contribution in [3.63, 3.8) is 0 Å². The number of nitrogens with one attached hydrogen (secondary N) is 3. The van der Waals surface area contributed by atoms with E-state index in [-0.39, 0.29) is 17.7 Å². The van der Waals surface area contributed by atoms with Crippen molar-refractivity contribution in [2.24, 2.45) is 10.7 Å². The Kier molecular flexibility index (Phi) is 13.7. The van der Waals surface area contributed by atoms with E-state index in [4.69, 9.17) is 15.0 Å². The first-order valence-electron chi connectivity index (χ1n) is 13.0. The Balaban J connectivity index is 0.00000138. The number of primary amides is 1. The second-order valence-electron chi connectivity index (χ2n) is 9.00. The van der Waals surface area contributed by atoms with Crippen LogP contribution in [0.25, 0.3) is 0 Å². The summed E-state index contributed by atoms with van der Waals surface area (Å²) < 4.78 is 0. The number of hydrogen-bond donors (Lipinski definition) is 6. The number of aryl methyl sites for hydroxylation is 2. The number of piperidine rings is 1. The number of anilines is 2. The molecule has 2 heterocycles. The third-order valence-electron chi connectivity index (χ3n) is 5.76. The van der Waals surface area contributed by atoms with Gasteiger partial charge in [-0.3, -0.25) is 14.4 Å². The fraction of sp³-hybridized carbons (Fsp3) is 0.423. The third kappa shape index (κ3) is 12.9. The maximum Gasteiger partial charge on any atom is 0.432 e. The first kappa shape index (κ1) is 32.7. The van der Waals surface area contributed by atoms with Crippen LogP contribution in [0.1, 0.15) is 60.0 Å². The first-order chi connectivity index (χ1) is 19.5. The van der Waals surface area contributed by atoms with Gasteiger partial charge in [0.2, 0.25) is 11.8 Å². The number of carbonyl (C=O) groups is 5. The molecular formula is C26H35N7O7S. The van der Waals surface area contributed by atoms with Gasteiger partial charge in [0, 0.05) is 38.7 Å². The number of likely N-dealkylation sites (tertiary alicyclic amines) is 1. The van der Waals surface area contributed by atoms with Gasteiger partial charge in [0.15, 0.2) is 5.13 Å². The highest BCUT2D eigenvalue weighted by Gasteiger charge is 2.20. The van der Waals surface area contributed by atoms with E-state index in [1.54, 1.807) is 12.1 Å². The van der Waals surface area contributed by atoms with Crippen LogP contribution in [0.3, 0.4) is 0 Å². The van der Waals surface area contributed by atoms with Crippen molar-refractivity contribution in [1.82, 2.24) is 15.2 Å². The number of aliphatic imine (C=N–C) groups is 1. The van der Waals surface area contributed by atoms with Crippen molar-refractivity contribution in [3.8, 4) is 0 Å². The van der Waals surface area contributed by atoms with Gasteiger partial charge in [-0.1, -0.05) is 23.5 Å². The lowest BCUT2D eigenvalue weighted by atomic mass is 10.1. The lowest BCUT2D eigenvalue weighted by Crippen LogP contribution is -2.36. The van der Waals surface area contributed by atoms with E-state index in [1.807, 2.05) is 17.0 Å². The number of thiazole rings is 1. The van der Waals surface area contributed by atoms with Gasteiger partial charge in [-0.25, -0.2) is 14.6 Å². The maximum absolute atomic E-state index is 12.9. The molecule has 1 aromatic carbocycles. The van der Waals surface area contributed by atoms with Crippen molar-refractivity contribution >= 4 is 58.4 Å². The van der Waals surface area contributed by atoms with Crippen LogP contribution in [0.4, 0.5) is 20.4 Å². The lowest BCUT2D eigenvalue weighted by molar-refractivity contribution is -0.132. The Labute approximate surface area is 241 Å². The number of aromatic nitrogens is 1. The number of carboxylic acid groups (broad SMARTS) is 2. The predicted molar refractivity (Wildman–Crippen MR) is 155 cm³/mol. The summed E-state index contributed by atoms with van der Waals surface area (Å²) >= 11 is 1.13. The van der Waals surface area contributed by atoms with Crippen LogP contribution in [-0.2, 0) is 22.4 Å². The van der Waals surface area contributed by atoms with E-state index in [9.17, 15) is 19.2 Å².